The van der Waals surface area contributed by atoms with Crippen molar-refractivity contribution in [2.75, 3.05) is 26.2 Å². The minimum atomic E-state index is -0.810. The molecule has 24 heavy (non-hydrogen) atoms. The molecule has 1 aromatic carbocycles. The van der Waals surface area contributed by atoms with E-state index in [1.54, 1.807) is 10.4 Å². The Hall–Kier alpha value is -1.92. The lowest BCUT2D eigenvalue weighted by molar-refractivity contribution is -0.148. The summed E-state index contributed by atoms with van der Waals surface area (Å²) in [6.45, 7) is 7.59. The predicted octanol–water partition coefficient (Wildman–Crippen LogP) is 1.50. The molecule has 0 aromatic heterocycles. The highest BCUT2D eigenvalue weighted by molar-refractivity contribution is 5.99. The van der Waals surface area contributed by atoms with Crippen LogP contribution in [0, 0.1) is 11.8 Å². The molecule has 2 amide bonds. The number of hydroxylamine groups is 1. The number of hydrogen-bond donors (Lipinski definition) is 2. The van der Waals surface area contributed by atoms with E-state index in [0.717, 1.165) is 19.6 Å². The maximum Gasteiger partial charge on any atom is 0.255 e. The number of nitrogens with zero attached hydrogens (tertiary/aromatic N) is 2. The van der Waals surface area contributed by atoms with Gasteiger partial charge in [0.2, 0.25) is 5.91 Å². The molecule has 1 aliphatic rings. The molecule has 0 bridgehead atoms. The van der Waals surface area contributed by atoms with E-state index in [1.165, 1.54) is 5.56 Å². The van der Waals surface area contributed by atoms with Crippen LogP contribution >= 0.6 is 0 Å². The predicted molar refractivity (Wildman–Crippen MR) is 91.2 cm³/mol. The topological polar surface area (TPSA) is 72.9 Å². The Morgan fingerprint density at radius 3 is 2.29 bits per heavy atom. The molecule has 0 spiro atoms. The Bertz CT molecular complexity index is 540. The summed E-state index contributed by atoms with van der Waals surface area (Å²) in [7, 11) is 0. The molecule has 1 aromatic rings. The van der Waals surface area contributed by atoms with E-state index in [1.807, 2.05) is 32.0 Å². The first-order chi connectivity index (χ1) is 11.5. The molecular weight excluding hydrogens is 306 g/mol. The largest absolute Gasteiger partial charge is 0.339 e. The van der Waals surface area contributed by atoms with E-state index < -0.39 is 11.8 Å². The summed E-state index contributed by atoms with van der Waals surface area (Å²) in [6.07, 6.45) is 0.440. The Morgan fingerprint density at radius 2 is 1.75 bits per heavy atom. The molecule has 6 nitrogen and oxygen atoms in total. The van der Waals surface area contributed by atoms with E-state index in [0.29, 0.717) is 19.5 Å². The molecule has 6 heteroatoms. The van der Waals surface area contributed by atoms with Gasteiger partial charge in [-0.25, -0.2) is 5.48 Å². The summed E-state index contributed by atoms with van der Waals surface area (Å²) in [4.78, 5) is 28.5. The van der Waals surface area contributed by atoms with Crippen molar-refractivity contribution in [2.45, 2.75) is 26.8 Å². The normalized spacial score (nSPS) is 16.9. The summed E-state index contributed by atoms with van der Waals surface area (Å²) < 4.78 is 0. The summed E-state index contributed by atoms with van der Waals surface area (Å²) in [5, 5.41) is 8.89. The third kappa shape index (κ3) is 5.04. The van der Waals surface area contributed by atoms with Crippen LogP contribution in [0.1, 0.15) is 25.8 Å². The average molecular weight is 333 g/mol. The van der Waals surface area contributed by atoms with Crippen LogP contribution in [0.2, 0.25) is 0 Å². The fourth-order valence-electron chi connectivity index (χ4n) is 3.06. The van der Waals surface area contributed by atoms with Crippen LogP contribution in [0.5, 0.6) is 0 Å². The maximum atomic E-state index is 12.6. The fraction of sp³-hybridized carbons (Fsp3) is 0.556. The number of carbonyl (C=O) groups is 2. The number of piperazine rings is 1. The van der Waals surface area contributed by atoms with Crippen LogP contribution in [0.4, 0.5) is 0 Å². The second kappa shape index (κ2) is 8.80. The van der Waals surface area contributed by atoms with Crippen molar-refractivity contribution < 1.29 is 14.8 Å². The molecule has 1 heterocycles. The van der Waals surface area contributed by atoms with Gasteiger partial charge >= 0.3 is 0 Å². The molecule has 1 atom stereocenters. The zero-order valence-corrected chi connectivity index (χ0v) is 14.4. The molecule has 2 rings (SSSR count). The van der Waals surface area contributed by atoms with Crippen LogP contribution in [0.15, 0.2) is 30.3 Å². The van der Waals surface area contributed by atoms with Crippen LogP contribution in [0.25, 0.3) is 0 Å². The minimum absolute atomic E-state index is 0.186. The van der Waals surface area contributed by atoms with Gasteiger partial charge in [0.15, 0.2) is 0 Å². The van der Waals surface area contributed by atoms with E-state index >= 15 is 0 Å². The third-order valence-corrected chi connectivity index (χ3v) is 4.36. The lowest BCUT2D eigenvalue weighted by Gasteiger charge is -2.36. The Morgan fingerprint density at radius 1 is 1.12 bits per heavy atom. The first-order valence-electron chi connectivity index (χ1n) is 8.50. The van der Waals surface area contributed by atoms with Crippen molar-refractivity contribution in [3.05, 3.63) is 35.9 Å². The van der Waals surface area contributed by atoms with Gasteiger partial charge in [-0.1, -0.05) is 44.2 Å². The van der Waals surface area contributed by atoms with Gasteiger partial charge in [0.1, 0.15) is 5.92 Å². The van der Waals surface area contributed by atoms with Gasteiger partial charge in [0.25, 0.3) is 5.91 Å². The Labute approximate surface area is 143 Å². The number of rotatable bonds is 6. The van der Waals surface area contributed by atoms with Crippen molar-refractivity contribution in [2.24, 2.45) is 11.8 Å². The number of nitrogens with one attached hydrogen (secondary N) is 1. The van der Waals surface area contributed by atoms with Crippen LogP contribution in [0.3, 0.4) is 0 Å². The van der Waals surface area contributed by atoms with Gasteiger partial charge in [-0.2, -0.15) is 0 Å². The summed E-state index contributed by atoms with van der Waals surface area (Å²) >= 11 is 0. The molecule has 1 aliphatic heterocycles. The van der Waals surface area contributed by atoms with Gasteiger partial charge in [-0.3, -0.25) is 19.7 Å². The lowest BCUT2D eigenvalue weighted by Crippen LogP contribution is -2.52. The lowest BCUT2D eigenvalue weighted by atomic mass is 9.95. The molecule has 1 fully saturated rings. The SMILES string of the molecule is CC(C)CC(C(=O)NO)C(=O)N1CCN(Cc2ccccc2)CC1. The van der Waals surface area contributed by atoms with E-state index in [-0.39, 0.29) is 11.8 Å². The molecule has 0 aliphatic carbocycles. The van der Waals surface area contributed by atoms with Gasteiger partial charge < -0.3 is 4.90 Å². The number of benzene rings is 1. The smallest absolute Gasteiger partial charge is 0.255 e. The summed E-state index contributed by atoms with van der Waals surface area (Å²) in [5.41, 5.74) is 2.89. The van der Waals surface area contributed by atoms with Crippen molar-refractivity contribution in [1.29, 1.82) is 0 Å². The molecule has 1 unspecified atom stereocenters. The Kier molecular flexibility index (Phi) is 6.75. The van der Waals surface area contributed by atoms with Crippen molar-refractivity contribution in [3.63, 3.8) is 0 Å². The molecule has 0 radical (unpaired) electrons. The zero-order valence-electron chi connectivity index (χ0n) is 14.4. The molecule has 1 saturated heterocycles. The first-order valence-corrected chi connectivity index (χ1v) is 8.50. The highest BCUT2D eigenvalue weighted by Crippen LogP contribution is 2.17. The quantitative estimate of drug-likeness (QED) is 0.470. The molecule has 0 saturated carbocycles. The summed E-state index contributed by atoms with van der Waals surface area (Å²) in [5.74, 6) is -1.40. The molecular formula is C18H27N3O3. The van der Waals surface area contributed by atoms with Crippen molar-refractivity contribution >= 4 is 11.8 Å². The van der Waals surface area contributed by atoms with Gasteiger partial charge in [-0.05, 0) is 17.9 Å². The van der Waals surface area contributed by atoms with E-state index in [4.69, 9.17) is 5.21 Å². The standard InChI is InChI=1S/C18H27N3O3/c1-14(2)12-16(17(22)19-24)18(23)21-10-8-20(9-11-21)13-15-6-4-3-5-7-15/h3-7,14,16,24H,8-13H2,1-2H3,(H,19,22). The monoisotopic (exact) mass is 333 g/mol. The highest BCUT2D eigenvalue weighted by Gasteiger charge is 2.32. The number of carbonyl (C=O) groups excluding carboxylic acids is 2. The number of amides is 2. The van der Waals surface area contributed by atoms with Crippen LogP contribution in [-0.4, -0.2) is 53.0 Å². The van der Waals surface area contributed by atoms with Gasteiger partial charge in [0, 0.05) is 32.7 Å². The van der Waals surface area contributed by atoms with E-state index in [9.17, 15) is 9.59 Å². The maximum absolute atomic E-state index is 12.6. The Balaban J connectivity index is 1.90. The first kappa shape index (κ1) is 18.4. The van der Waals surface area contributed by atoms with Gasteiger partial charge in [-0.15, -0.1) is 0 Å². The summed E-state index contributed by atoms with van der Waals surface area (Å²) in [6, 6.07) is 10.3. The minimum Gasteiger partial charge on any atom is -0.339 e. The zero-order chi connectivity index (χ0) is 17.5. The van der Waals surface area contributed by atoms with Gasteiger partial charge in [0.05, 0.1) is 0 Å². The van der Waals surface area contributed by atoms with Crippen LogP contribution in [-0.2, 0) is 16.1 Å². The van der Waals surface area contributed by atoms with Crippen LogP contribution < -0.4 is 5.48 Å². The third-order valence-electron chi connectivity index (χ3n) is 4.36. The second-order valence-corrected chi connectivity index (χ2v) is 6.75. The highest BCUT2D eigenvalue weighted by atomic mass is 16.5. The average Bonchev–Trinajstić information content (AvgIpc) is 2.60. The number of hydrogen-bond acceptors (Lipinski definition) is 4. The van der Waals surface area contributed by atoms with Crippen molar-refractivity contribution in [3.8, 4) is 0 Å². The second-order valence-electron chi connectivity index (χ2n) is 6.75. The molecule has 2 N–H and O–H groups in total. The van der Waals surface area contributed by atoms with E-state index in [2.05, 4.69) is 17.0 Å². The molecule has 132 valence electrons. The van der Waals surface area contributed by atoms with Crippen molar-refractivity contribution in [1.82, 2.24) is 15.3 Å². The fourth-order valence-corrected chi connectivity index (χ4v) is 3.06.